The highest BCUT2D eigenvalue weighted by Gasteiger charge is 2.37. The van der Waals surface area contributed by atoms with E-state index in [1.54, 1.807) is 4.31 Å². The molecule has 0 heterocycles. The van der Waals surface area contributed by atoms with E-state index in [1.165, 1.54) is 0 Å². The molecule has 1 N–H and O–H groups in total. The molecule has 5 heteroatoms. The van der Waals surface area contributed by atoms with Crippen LogP contribution in [-0.2, 0) is 16.6 Å². The van der Waals surface area contributed by atoms with Crippen LogP contribution >= 0.6 is 0 Å². The molecule has 0 saturated heterocycles. The summed E-state index contributed by atoms with van der Waals surface area (Å²) < 4.78 is 27.4. The van der Waals surface area contributed by atoms with E-state index in [0.29, 0.717) is 18.0 Å². The first-order valence-electron chi connectivity index (χ1n) is 7.18. The molecule has 0 amide bonds. The molecule has 0 unspecified atom stereocenters. The Kier molecular flexibility index (Phi) is 4.52. The van der Waals surface area contributed by atoms with Crippen LogP contribution in [0.1, 0.15) is 36.5 Å². The largest absolute Gasteiger partial charge is 0.316 e. The number of aryl methyl sites for hydroxylation is 1. The second kappa shape index (κ2) is 5.84. The van der Waals surface area contributed by atoms with E-state index >= 15 is 0 Å². The molecule has 0 spiro atoms. The van der Waals surface area contributed by atoms with Crippen LogP contribution in [0.25, 0.3) is 0 Å². The predicted molar refractivity (Wildman–Crippen MR) is 81.3 cm³/mol. The first kappa shape index (κ1) is 15.5. The topological polar surface area (TPSA) is 49.4 Å². The van der Waals surface area contributed by atoms with Gasteiger partial charge in [0.05, 0.1) is 4.90 Å². The maximum atomic E-state index is 12.9. The van der Waals surface area contributed by atoms with Crippen LogP contribution in [0, 0.1) is 13.8 Å². The van der Waals surface area contributed by atoms with Gasteiger partial charge in [0.2, 0.25) is 10.0 Å². The zero-order chi connectivity index (χ0) is 14.9. The number of benzene rings is 1. The average Bonchev–Trinajstić information content (AvgIpc) is 3.18. The van der Waals surface area contributed by atoms with Gasteiger partial charge in [-0.3, -0.25) is 0 Å². The highest BCUT2D eigenvalue weighted by molar-refractivity contribution is 7.89. The molecule has 0 aliphatic heterocycles. The first-order valence-corrected chi connectivity index (χ1v) is 8.62. The van der Waals surface area contributed by atoms with Crippen LogP contribution < -0.4 is 5.32 Å². The average molecular weight is 296 g/mol. The van der Waals surface area contributed by atoms with Crippen molar-refractivity contribution in [1.29, 1.82) is 0 Å². The zero-order valence-electron chi connectivity index (χ0n) is 12.7. The fourth-order valence-electron chi connectivity index (χ4n) is 2.59. The molecule has 0 bridgehead atoms. The summed E-state index contributed by atoms with van der Waals surface area (Å²) in [6, 6.07) is 4.08. The van der Waals surface area contributed by atoms with E-state index in [1.807, 2.05) is 33.9 Å². The summed E-state index contributed by atoms with van der Waals surface area (Å²) in [7, 11) is -1.51. The van der Waals surface area contributed by atoms with E-state index in [9.17, 15) is 8.42 Å². The smallest absolute Gasteiger partial charge is 0.243 e. The first-order chi connectivity index (χ1) is 9.41. The van der Waals surface area contributed by atoms with Gasteiger partial charge in [-0.1, -0.05) is 13.0 Å². The van der Waals surface area contributed by atoms with Crippen LogP contribution in [0.15, 0.2) is 17.0 Å². The molecule has 2 rings (SSSR count). The summed E-state index contributed by atoms with van der Waals surface area (Å²) in [5.74, 6) is 0. The van der Waals surface area contributed by atoms with Gasteiger partial charge >= 0.3 is 0 Å². The number of rotatable bonds is 6. The summed E-state index contributed by atoms with van der Waals surface area (Å²) in [6.45, 7) is 7.00. The third kappa shape index (κ3) is 2.90. The number of hydrogen-bond acceptors (Lipinski definition) is 3. The molecular formula is C15H24N2O2S. The van der Waals surface area contributed by atoms with Gasteiger partial charge in [0.25, 0.3) is 0 Å². The Hall–Kier alpha value is -0.910. The van der Waals surface area contributed by atoms with E-state index in [2.05, 4.69) is 11.4 Å². The molecule has 1 aromatic rings. The summed E-state index contributed by atoms with van der Waals surface area (Å²) >= 11 is 0. The summed E-state index contributed by atoms with van der Waals surface area (Å²) in [6.07, 6.45) is 1.97. The molecule has 1 aromatic carbocycles. The zero-order valence-corrected chi connectivity index (χ0v) is 13.5. The maximum Gasteiger partial charge on any atom is 0.243 e. The lowest BCUT2D eigenvalue weighted by Crippen LogP contribution is -2.33. The van der Waals surface area contributed by atoms with Gasteiger partial charge in [0, 0.05) is 19.1 Å². The third-order valence-electron chi connectivity index (χ3n) is 3.91. The highest BCUT2D eigenvalue weighted by atomic mass is 32.2. The van der Waals surface area contributed by atoms with Crippen molar-refractivity contribution in [2.24, 2.45) is 0 Å². The fraction of sp³-hybridized carbons (Fsp3) is 0.600. The minimum Gasteiger partial charge on any atom is -0.316 e. The summed E-state index contributed by atoms with van der Waals surface area (Å²) in [5.41, 5.74) is 2.91. The molecule has 0 aromatic heterocycles. The number of nitrogens with one attached hydrogen (secondary N) is 1. The van der Waals surface area contributed by atoms with Gasteiger partial charge in [-0.2, -0.15) is 4.31 Å². The molecule has 4 nitrogen and oxygen atoms in total. The molecule has 1 aliphatic carbocycles. The van der Waals surface area contributed by atoms with Gasteiger partial charge in [-0.25, -0.2) is 8.42 Å². The van der Waals surface area contributed by atoms with Gasteiger partial charge in [0.15, 0.2) is 0 Å². The van der Waals surface area contributed by atoms with Crippen LogP contribution in [0.2, 0.25) is 0 Å². The fourth-order valence-corrected chi connectivity index (χ4v) is 4.63. The third-order valence-corrected chi connectivity index (χ3v) is 6.07. The van der Waals surface area contributed by atoms with Gasteiger partial charge in [-0.15, -0.1) is 0 Å². The van der Waals surface area contributed by atoms with E-state index in [-0.39, 0.29) is 6.04 Å². The minimum atomic E-state index is -3.38. The quantitative estimate of drug-likeness (QED) is 0.875. The summed E-state index contributed by atoms with van der Waals surface area (Å²) in [5, 5.41) is 3.08. The number of sulfonamides is 1. The van der Waals surface area contributed by atoms with Crippen molar-refractivity contribution in [3.8, 4) is 0 Å². The lowest BCUT2D eigenvalue weighted by atomic mass is 10.1. The Labute approximate surface area is 122 Å². The van der Waals surface area contributed by atoms with Gasteiger partial charge in [0.1, 0.15) is 0 Å². The minimum absolute atomic E-state index is 0.206. The van der Waals surface area contributed by atoms with E-state index < -0.39 is 10.0 Å². The van der Waals surface area contributed by atoms with Crippen LogP contribution in [-0.4, -0.2) is 32.4 Å². The Bertz CT molecular complexity index is 592. The van der Waals surface area contributed by atoms with E-state index in [0.717, 1.165) is 29.5 Å². The molecule has 1 aliphatic rings. The Morgan fingerprint density at radius 3 is 2.45 bits per heavy atom. The normalized spacial score (nSPS) is 15.8. The van der Waals surface area contributed by atoms with Crippen LogP contribution in [0.5, 0.6) is 0 Å². The SMILES string of the molecule is CCN(C1CC1)S(=O)(=O)c1cc(CNC)cc(C)c1C. The Balaban J connectivity index is 2.49. The lowest BCUT2D eigenvalue weighted by Gasteiger charge is -2.22. The molecule has 20 heavy (non-hydrogen) atoms. The Morgan fingerprint density at radius 1 is 1.30 bits per heavy atom. The second-order valence-corrected chi connectivity index (χ2v) is 7.36. The molecular weight excluding hydrogens is 272 g/mol. The Morgan fingerprint density at radius 2 is 1.95 bits per heavy atom. The molecule has 1 fully saturated rings. The maximum absolute atomic E-state index is 12.9. The van der Waals surface area contributed by atoms with Gasteiger partial charge < -0.3 is 5.32 Å². The second-order valence-electron chi connectivity index (χ2n) is 5.51. The van der Waals surface area contributed by atoms with Crippen molar-refractivity contribution in [2.45, 2.75) is 51.1 Å². The number of nitrogens with zero attached hydrogens (tertiary/aromatic N) is 1. The monoisotopic (exact) mass is 296 g/mol. The molecule has 0 radical (unpaired) electrons. The van der Waals surface area contributed by atoms with Crippen molar-refractivity contribution in [2.75, 3.05) is 13.6 Å². The van der Waals surface area contributed by atoms with Crippen molar-refractivity contribution >= 4 is 10.0 Å². The standard InChI is InChI=1S/C15H24N2O2S/c1-5-17(14-6-7-14)20(18,19)15-9-13(10-16-4)8-11(2)12(15)3/h8-9,14,16H,5-7,10H2,1-4H3. The highest BCUT2D eigenvalue weighted by Crippen LogP contribution is 2.33. The van der Waals surface area contributed by atoms with E-state index in [4.69, 9.17) is 0 Å². The van der Waals surface area contributed by atoms with Gasteiger partial charge in [-0.05, 0) is 56.5 Å². The lowest BCUT2D eigenvalue weighted by molar-refractivity contribution is 0.420. The van der Waals surface area contributed by atoms with Crippen molar-refractivity contribution < 1.29 is 8.42 Å². The number of hydrogen-bond donors (Lipinski definition) is 1. The van der Waals surface area contributed by atoms with Crippen LogP contribution in [0.3, 0.4) is 0 Å². The predicted octanol–water partition coefficient (Wildman–Crippen LogP) is 2.20. The van der Waals surface area contributed by atoms with Crippen molar-refractivity contribution in [1.82, 2.24) is 9.62 Å². The summed E-state index contributed by atoms with van der Waals surface area (Å²) in [4.78, 5) is 0.469. The molecule has 1 saturated carbocycles. The molecule has 112 valence electrons. The molecule has 0 atom stereocenters. The van der Waals surface area contributed by atoms with Crippen molar-refractivity contribution in [3.05, 3.63) is 28.8 Å². The van der Waals surface area contributed by atoms with Crippen molar-refractivity contribution in [3.63, 3.8) is 0 Å². The van der Waals surface area contributed by atoms with Crippen LogP contribution in [0.4, 0.5) is 0 Å².